The van der Waals surface area contributed by atoms with Gasteiger partial charge in [-0.2, -0.15) is 0 Å². The smallest absolute Gasteiger partial charge is 0.00859 e. The zero-order valence-electron chi connectivity index (χ0n) is 13.9. The van der Waals surface area contributed by atoms with E-state index in [1.807, 2.05) is 5.57 Å². The highest BCUT2D eigenvalue weighted by Gasteiger charge is 2.52. The summed E-state index contributed by atoms with van der Waals surface area (Å²) >= 11 is 0. The molecule has 0 radical (unpaired) electrons. The topological polar surface area (TPSA) is 0 Å². The van der Waals surface area contributed by atoms with E-state index in [2.05, 4.69) is 48.5 Å². The third-order valence-corrected chi connectivity index (χ3v) is 5.90. The van der Waals surface area contributed by atoms with Crippen LogP contribution in [0.2, 0.25) is 0 Å². The second kappa shape index (κ2) is 3.77. The van der Waals surface area contributed by atoms with Crippen LogP contribution in [-0.4, -0.2) is 0 Å². The lowest BCUT2D eigenvalue weighted by atomic mass is 9.68. The molecule has 0 aromatic heterocycles. The average Bonchev–Trinajstić information content (AvgIpc) is 2.60. The predicted molar refractivity (Wildman–Crippen MR) is 83.0 cm³/mol. The van der Waals surface area contributed by atoms with Crippen LogP contribution in [0, 0.1) is 28.6 Å². The SMILES string of the molecule is CC1C2=C(C(C)(C)C)CC(C(C)(C)C)=C2C2CCC12. The van der Waals surface area contributed by atoms with Crippen molar-refractivity contribution in [2.24, 2.45) is 28.6 Å². The molecule has 3 atom stereocenters. The molecule has 0 heteroatoms. The van der Waals surface area contributed by atoms with E-state index in [4.69, 9.17) is 0 Å². The van der Waals surface area contributed by atoms with Crippen LogP contribution in [0.4, 0.5) is 0 Å². The van der Waals surface area contributed by atoms with E-state index in [1.165, 1.54) is 19.3 Å². The van der Waals surface area contributed by atoms with Gasteiger partial charge in [-0.1, -0.05) is 59.6 Å². The quantitative estimate of drug-likeness (QED) is 0.519. The second-order valence-corrected chi connectivity index (χ2v) is 9.10. The Hall–Kier alpha value is -0.520. The van der Waals surface area contributed by atoms with Crippen molar-refractivity contribution in [3.63, 3.8) is 0 Å². The number of fused-ring (bicyclic) bond motifs is 3. The van der Waals surface area contributed by atoms with Gasteiger partial charge in [0.15, 0.2) is 0 Å². The summed E-state index contributed by atoms with van der Waals surface area (Å²) in [4.78, 5) is 0. The van der Waals surface area contributed by atoms with Crippen molar-refractivity contribution in [2.75, 3.05) is 0 Å². The van der Waals surface area contributed by atoms with Gasteiger partial charge in [0.1, 0.15) is 0 Å². The number of hydrogen-bond donors (Lipinski definition) is 0. The second-order valence-electron chi connectivity index (χ2n) is 9.10. The van der Waals surface area contributed by atoms with Crippen molar-refractivity contribution in [2.45, 2.75) is 67.7 Å². The summed E-state index contributed by atoms with van der Waals surface area (Å²) in [5, 5.41) is 0. The minimum Gasteiger partial charge on any atom is -0.0581 e. The molecule has 0 aromatic rings. The maximum absolute atomic E-state index is 2.50. The van der Waals surface area contributed by atoms with Gasteiger partial charge in [-0.25, -0.2) is 0 Å². The van der Waals surface area contributed by atoms with Crippen molar-refractivity contribution >= 4 is 0 Å². The van der Waals surface area contributed by atoms with E-state index in [1.54, 1.807) is 16.7 Å². The van der Waals surface area contributed by atoms with Crippen LogP contribution in [-0.2, 0) is 0 Å². The molecule has 2 saturated carbocycles. The fourth-order valence-electron chi connectivity index (χ4n) is 4.67. The molecule has 3 rings (SSSR count). The van der Waals surface area contributed by atoms with E-state index in [-0.39, 0.29) is 0 Å². The van der Waals surface area contributed by atoms with Gasteiger partial charge in [-0.15, -0.1) is 0 Å². The molecular weight excluding hydrogens is 228 g/mol. The maximum Gasteiger partial charge on any atom is -0.00859 e. The summed E-state index contributed by atoms with van der Waals surface area (Å²) in [5.41, 5.74) is 7.83. The Morgan fingerprint density at radius 3 is 1.74 bits per heavy atom. The molecule has 0 aromatic carbocycles. The lowest BCUT2D eigenvalue weighted by Crippen LogP contribution is -2.26. The molecule has 3 aliphatic carbocycles. The number of allylic oxidation sites excluding steroid dienone is 4. The zero-order chi connectivity index (χ0) is 14.2. The molecular formula is C19H30. The van der Waals surface area contributed by atoms with Crippen LogP contribution in [0.3, 0.4) is 0 Å². The summed E-state index contributed by atoms with van der Waals surface area (Å²) in [6, 6.07) is 0. The van der Waals surface area contributed by atoms with E-state index in [9.17, 15) is 0 Å². The molecule has 2 fully saturated rings. The average molecular weight is 258 g/mol. The number of rotatable bonds is 0. The van der Waals surface area contributed by atoms with Crippen LogP contribution in [0.1, 0.15) is 67.7 Å². The third-order valence-electron chi connectivity index (χ3n) is 5.90. The highest BCUT2D eigenvalue weighted by atomic mass is 14.6. The molecule has 3 unspecified atom stereocenters. The fourth-order valence-corrected chi connectivity index (χ4v) is 4.67. The Labute approximate surface area is 119 Å². The van der Waals surface area contributed by atoms with Crippen molar-refractivity contribution in [1.82, 2.24) is 0 Å². The van der Waals surface area contributed by atoms with E-state index < -0.39 is 0 Å². The lowest BCUT2D eigenvalue weighted by molar-refractivity contribution is 0.200. The van der Waals surface area contributed by atoms with E-state index in [0.717, 1.165) is 17.8 Å². The molecule has 0 heterocycles. The Kier molecular flexibility index (Phi) is 2.67. The Morgan fingerprint density at radius 1 is 0.789 bits per heavy atom. The largest absolute Gasteiger partial charge is 0.0581 e. The monoisotopic (exact) mass is 258 g/mol. The van der Waals surface area contributed by atoms with Gasteiger partial charge in [0.2, 0.25) is 0 Å². The van der Waals surface area contributed by atoms with Crippen molar-refractivity contribution in [1.29, 1.82) is 0 Å². The summed E-state index contributed by atoms with van der Waals surface area (Å²) in [6.07, 6.45) is 4.17. The van der Waals surface area contributed by atoms with Gasteiger partial charge in [0, 0.05) is 0 Å². The maximum atomic E-state index is 2.50. The highest BCUT2D eigenvalue weighted by molar-refractivity contribution is 5.57. The first kappa shape index (κ1) is 13.5. The van der Waals surface area contributed by atoms with Gasteiger partial charge in [0.25, 0.3) is 0 Å². The molecule has 0 bridgehead atoms. The summed E-state index contributed by atoms with van der Waals surface area (Å²) < 4.78 is 0. The van der Waals surface area contributed by atoms with Gasteiger partial charge in [-0.3, -0.25) is 0 Å². The van der Waals surface area contributed by atoms with Crippen molar-refractivity contribution < 1.29 is 0 Å². The third kappa shape index (κ3) is 1.78. The van der Waals surface area contributed by atoms with Gasteiger partial charge >= 0.3 is 0 Å². The Balaban J connectivity index is 2.15. The van der Waals surface area contributed by atoms with Crippen LogP contribution in [0.25, 0.3) is 0 Å². The van der Waals surface area contributed by atoms with E-state index >= 15 is 0 Å². The molecule has 106 valence electrons. The molecule has 0 spiro atoms. The van der Waals surface area contributed by atoms with Crippen molar-refractivity contribution in [3.8, 4) is 0 Å². The zero-order valence-corrected chi connectivity index (χ0v) is 13.9. The molecule has 0 saturated heterocycles. The summed E-state index contributed by atoms with van der Waals surface area (Å²) in [5.74, 6) is 2.71. The minimum absolute atomic E-state index is 0.339. The summed E-state index contributed by atoms with van der Waals surface area (Å²) in [6.45, 7) is 17.0. The predicted octanol–water partition coefficient (Wildman–Crippen LogP) is 5.75. The number of hydrogen-bond acceptors (Lipinski definition) is 0. The minimum atomic E-state index is 0.339. The molecule has 3 aliphatic rings. The molecule has 0 amide bonds. The first-order chi connectivity index (χ1) is 8.62. The highest BCUT2D eigenvalue weighted by Crippen LogP contribution is 2.64. The van der Waals surface area contributed by atoms with E-state index in [0.29, 0.717) is 10.8 Å². The first-order valence-electron chi connectivity index (χ1n) is 8.09. The first-order valence-corrected chi connectivity index (χ1v) is 8.09. The lowest BCUT2D eigenvalue weighted by Gasteiger charge is -2.36. The Bertz CT molecular complexity index is 435. The standard InChI is InChI=1S/C19H30/c1-11-12-8-9-13(12)17-15(19(5,6)7)10-14(16(11)17)18(2,3)4/h11-13H,8-10H2,1-7H3. The van der Waals surface area contributed by atoms with Crippen molar-refractivity contribution in [3.05, 3.63) is 22.3 Å². The van der Waals surface area contributed by atoms with Crippen LogP contribution in [0.15, 0.2) is 22.3 Å². The van der Waals surface area contributed by atoms with Gasteiger partial charge in [-0.05, 0) is 59.0 Å². The fraction of sp³-hybridized carbons (Fsp3) is 0.789. The molecule has 0 aliphatic heterocycles. The van der Waals surface area contributed by atoms with Crippen LogP contribution < -0.4 is 0 Å². The summed E-state index contributed by atoms with van der Waals surface area (Å²) in [7, 11) is 0. The Morgan fingerprint density at radius 2 is 1.32 bits per heavy atom. The van der Waals surface area contributed by atoms with Crippen LogP contribution in [0.5, 0.6) is 0 Å². The normalized spacial score (nSPS) is 34.6. The van der Waals surface area contributed by atoms with Gasteiger partial charge < -0.3 is 0 Å². The molecule has 19 heavy (non-hydrogen) atoms. The van der Waals surface area contributed by atoms with Crippen LogP contribution >= 0.6 is 0 Å². The molecule has 0 N–H and O–H groups in total. The molecule has 0 nitrogen and oxygen atoms in total. The van der Waals surface area contributed by atoms with Gasteiger partial charge in [0.05, 0.1) is 0 Å².